The van der Waals surface area contributed by atoms with Crippen molar-refractivity contribution in [3.8, 4) is 0 Å². The van der Waals surface area contributed by atoms with Crippen molar-refractivity contribution in [1.29, 1.82) is 0 Å². The fraction of sp³-hybridized carbons (Fsp3) is 0.364. The molecule has 2 aromatic rings. The van der Waals surface area contributed by atoms with Gasteiger partial charge in [0, 0.05) is 19.7 Å². The van der Waals surface area contributed by atoms with E-state index in [-0.39, 0.29) is 29.7 Å². The molecule has 0 spiro atoms. The molecular weight excluding hydrogens is 363 g/mol. The monoisotopic (exact) mass is 378 g/mol. The predicted molar refractivity (Wildman–Crippen MR) is 66.1 cm³/mol. The Morgan fingerprint density at radius 2 is 2.22 bits per heavy atom. The van der Waals surface area contributed by atoms with Crippen molar-refractivity contribution in [1.82, 2.24) is 8.52 Å². The maximum absolute atomic E-state index is 11.7. The summed E-state index contributed by atoms with van der Waals surface area (Å²) in [7, 11) is 3.70. The summed E-state index contributed by atoms with van der Waals surface area (Å²) in [6.07, 6.45) is 3.87. The van der Waals surface area contributed by atoms with Crippen LogP contribution in [0.25, 0.3) is 0 Å². The second-order valence-corrected chi connectivity index (χ2v) is 4.83. The Morgan fingerprint density at radius 3 is 2.83 bits per heavy atom. The first kappa shape index (κ1) is 15.1. The number of nitrogens with zero attached hydrogens (tertiary/aromatic N) is 4. The van der Waals surface area contributed by atoms with Crippen LogP contribution in [0.1, 0.15) is 6.92 Å². The van der Waals surface area contributed by atoms with Crippen molar-refractivity contribution in [3.63, 3.8) is 0 Å². The maximum Gasteiger partial charge on any atom is 0.339 e. The highest BCUT2D eigenvalue weighted by Gasteiger charge is 2.04. The van der Waals surface area contributed by atoms with Crippen LogP contribution in [0.15, 0.2) is 34.3 Å². The summed E-state index contributed by atoms with van der Waals surface area (Å²) >= 11 is 1.36. The standard InChI is InChI=1S/C11H15N4OS.HI/c1-4-15-10(17-14(3)11(15)16)12-9-6-5-7-13(2)8-9;/h5-8H,4H2,1-3H3;1H/q+1;/p-1. The molecule has 0 atom stereocenters. The minimum Gasteiger partial charge on any atom is -1.00 e. The van der Waals surface area contributed by atoms with Gasteiger partial charge in [-0.05, 0) is 24.5 Å². The molecule has 98 valence electrons. The molecule has 0 aliphatic heterocycles. The van der Waals surface area contributed by atoms with Crippen LogP contribution < -0.4 is 39.0 Å². The van der Waals surface area contributed by atoms with Crippen LogP contribution in [-0.2, 0) is 20.6 Å². The van der Waals surface area contributed by atoms with E-state index in [9.17, 15) is 4.79 Å². The van der Waals surface area contributed by atoms with Crippen LogP contribution in [0.2, 0.25) is 0 Å². The van der Waals surface area contributed by atoms with Crippen molar-refractivity contribution in [2.75, 3.05) is 0 Å². The lowest BCUT2D eigenvalue weighted by atomic mass is 10.4. The number of aryl methyl sites for hydroxylation is 2. The van der Waals surface area contributed by atoms with Gasteiger partial charge in [-0.3, -0.25) is 4.57 Å². The van der Waals surface area contributed by atoms with Gasteiger partial charge in [0.2, 0.25) is 4.80 Å². The molecule has 0 unspecified atom stereocenters. The van der Waals surface area contributed by atoms with Gasteiger partial charge in [-0.15, -0.1) is 0 Å². The molecule has 0 bridgehead atoms. The molecule has 18 heavy (non-hydrogen) atoms. The largest absolute Gasteiger partial charge is 1.00 e. The molecule has 0 fully saturated rings. The molecule has 0 aliphatic carbocycles. The van der Waals surface area contributed by atoms with Gasteiger partial charge >= 0.3 is 5.69 Å². The molecule has 0 aliphatic rings. The first-order chi connectivity index (χ1) is 8.11. The highest BCUT2D eigenvalue weighted by molar-refractivity contribution is 7.03. The smallest absolute Gasteiger partial charge is 0.339 e. The fourth-order valence-corrected chi connectivity index (χ4v) is 2.44. The molecule has 5 nitrogen and oxygen atoms in total. The van der Waals surface area contributed by atoms with Crippen LogP contribution >= 0.6 is 11.5 Å². The van der Waals surface area contributed by atoms with E-state index in [1.165, 1.54) is 11.5 Å². The number of rotatable bonds is 2. The third-order valence-electron chi connectivity index (χ3n) is 2.41. The summed E-state index contributed by atoms with van der Waals surface area (Å²) in [4.78, 5) is 17.0. The number of hydrogen-bond acceptors (Lipinski definition) is 3. The van der Waals surface area contributed by atoms with E-state index in [0.717, 1.165) is 10.5 Å². The number of hydrogen-bond donors (Lipinski definition) is 0. The van der Waals surface area contributed by atoms with Gasteiger partial charge in [-0.25, -0.2) is 18.3 Å². The Kier molecular flexibility index (Phi) is 5.27. The quantitative estimate of drug-likeness (QED) is 0.415. The average Bonchev–Trinajstić information content (AvgIpc) is 2.54. The van der Waals surface area contributed by atoms with Crippen molar-refractivity contribution in [2.24, 2.45) is 19.1 Å². The molecule has 7 heteroatoms. The summed E-state index contributed by atoms with van der Waals surface area (Å²) in [5, 5.41) is 0. The van der Waals surface area contributed by atoms with E-state index in [4.69, 9.17) is 0 Å². The molecule has 2 rings (SSSR count). The zero-order chi connectivity index (χ0) is 12.4. The number of aromatic nitrogens is 3. The SMILES string of the molecule is CCn1c(=Nc2ccc[n+](C)c2)sn(C)c1=O.[I-]. The molecule has 2 aromatic heterocycles. The summed E-state index contributed by atoms with van der Waals surface area (Å²) in [6.45, 7) is 2.58. The fourth-order valence-electron chi connectivity index (χ4n) is 1.56. The summed E-state index contributed by atoms with van der Waals surface area (Å²) in [5.74, 6) is 0. The second-order valence-electron chi connectivity index (χ2n) is 3.74. The highest BCUT2D eigenvalue weighted by atomic mass is 127. The van der Waals surface area contributed by atoms with Gasteiger partial charge in [0.05, 0.1) is 0 Å². The highest BCUT2D eigenvalue weighted by Crippen LogP contribution is 2.05. The van der Waals surface area contributed by atoms with Crippen molar-refractivity contribution in [2.45, 2.75) is 13.5 Å². The second kappa shape index (κ2) is 6.28. The van der Waals surface area contributed by atoms with E-state index in [1.807, 2.05) is 43.1 Å². The van der Waals surface area contributed by atoms with Crippen LogP contribution in [0.3, 0.4) is 0 Å². The maximum atomic E-state index is 11.7. The third-order valence-corrected chi connectivity index (χ3v) is 3.32. The van der Waals surface area contributed by atoms with E-state index >= 15 is 0 Å². The molecule has 0 saturated heterocycles. The number of halogens is 1. The zero-order valence-corrected chi connectivity index (χ0v) is 13.5. The molecule has 0 radical (unpaired) electrons. The lowest BCUT2D eigenvalue weighted by molar-refractivity contribution is -0.670. The minimum atomic E-state index is -0.0171. The topological polar surface area (TPSA) is 43.2 Å². The van der Waals surface area contributed by atoms with Crippen molar-refractivity contribution in [3.05, 3.63) is 39.8 Å². The van der Waals surface area contributed by atoms with E-state index in [2.05, 4.69) is 4.99 Å². The summed E-state index contributed by atoms with van der Waals surface area (Å²) in [5.41, 5.74) is 0.829. The average molecular weight is 378 g/mol. The first-order valence-electron chi connectivity index (χ1n) is 5.39. The lowest BCUT2D eigenvalue weighted by Gasteiger charge is -1.93. The minimum absolute atomic E-state index is 0. The molecule has 0 aromatic carbocycles. The lowest BCUT2D eigenvalue weighted by Crippen LogP contribution is -3.00. The summed E-state index contributed by atoms with van der Waals surface area (Å²) in [6, 6.07) is 3.85. The third kappa shape index (κ3) is 3.08. The molecule has 2 heterocycles. The predicted octanol–water partition coefficient (Wildman–Crippen LogP) is -2.67. The van der Waals surface area contributed by atoms with Gasteiger partial charge in [-0.2, -0.15) is 0 Å². The summed E-state index contributed by atoms with van der Waals surface area (Å²) < 4.78 is 5.18. The Balaban J connectivity index is 0.00000162. The van der Waals surface area contributed by atoms with Crippen LogP contribution in [0.5, 0.6) is 0 Å². The molecule has 0 saturated carbocycles. The van der Waals surface area contributed by atoms with Crippen molar-refractivity contribution >= 4 is 17.2 Å². The molecular formula is C11H15IN4OS. The van der Waals surface area contributed by atoms with E-state index in [0.29, 0.717) is 6.54 Å². The van der Waals surface area contributed by atoms with Gasteiger partial charge in [0.1, 0.15) is 12.7 Å². The Bertz CT molecular complexity index is 656. The normalized spacial score (nSPS) is 11.4. The zero-order valence-electron chi connectivity index (χ0n) is 10.5. The molecule has 0 amide bonds. The Morgan fingerprint density at radius 1 is 1.50 bits per heavy atom. The van der Waals surface area contributed by atoms with Crippen LogP contribution in [0.4, 0.5) is 5.69 Å². The molecule has 0 N–H and O–H groups in total. The first-order valence-corrected chi connectivity index (χ1v) is 6.16. The van der Waals surface area contributed by atoms with Crippen LogP contribution in [-0.4, -0.2) is 8.52 Å². The number of pyridine rings is 1. The Labute approximate surface area is 126 Å². The van der Waals surface area contributed by atoms with Gasteiger partial charge in [0.25, 0.3) is 0 Å². The van der Waals surface area contributed by atoms with E-state index in [1.54, 1.807) is 15.6 Å². The van der Waals surface area contributed by atoms with E-state index < -0.39 is 0 Å². The van der Waals surface area contributed by atoms with Crippen LogP contribution in [0, 0.1) is 0 Å². The van der Waals surface area contributed by atoms with Gasteiger partial charge < -0.3 is 24.0 Å². The van der Waals surface area contributed by atoms with Gasteiger partial charge in [0.15, 0.2) is 12.4 Å². The van der Waals surface area contributed by atoms with Crippen molar-refractivity contribution < 1.29 is 28.5 Å². The van der Waals surface area contributed by atoms with Gasteiger partial charge in [-0.1, -0.05) is 0 Å². The Hall–Kier alpha value is -0.960.